The summed E-state index contributed by atoms with van der Waals surface area (Å²) in [6, 6.07) is 0. The van der Waals surface area contributed by atoms with Crippen LogP contribution in [-0.2, 0) is 19.4 Å². The summed E-state index contributed by atoms with van der Waals surface area (Å²) in [7, 11) is 0. The molecular weight excluding hydrogens is 182 g/mol. The fourth-order valence-electron chi connectivity index (χ4n) is 1.69. The zero-order valence-corrected chi connectivity index (χ0v) is 8.06. The summed E-state index contributed by atoms with van der Waals surface area (Å²) in [4.78, 5) is 4.35. The first-order valence-electron chi connectivity index (χ1n) is 5.01. The van der Waals surface area contributed by atoms with E-state index in [4.69, 9.17) is 5.11 Å². The molecule has 1 atom stereocenters. The predicted octanol–water partition coefficient (Wildman–Crippen LogP) is -0.490. The number of aromatic nitrogens is 3. The molecule has 0 bridgehead atoms. The lowest BCUT2D eigenvalue weighted by molar-refractivity contribution is 0.124. The Morgan fingerprint density at radius 3 is 3.14 bits per heavy atom. The van der Waals surface area contributed by atoms with Crippen LogP contribution in [0.5, 0.6) is 0 Å². The van der Waals surface area contributed by atoms with Gasteiger partial charge in [-0.1, -0.05) is 0 Å². The lowest BCUT2D eigenvalue weighted by atomic mass is 10.1. The fraction of sp³-hybridized carbons (Fsp3) is 0.778. The molecule has 1 aliphatic rings. The minimum atomic E-state index is -0.283. The second-order valence-corrected chi connectivity index (χ2v) is 3.65. The Labute approximate surface area is 82.4 Å². The van der Waals surface area contributed by atoms with E-state index in [0.29, 0.717) is 19.4 Å². The van der Waals surface area contributed by atoms with Crippen LogP contribution >= 0.6 is 0 Å². The summed E-state index contributed by atoms with van der Waals surface area (Å²) < 4.78 is 1.78. The summed E-state index contributed by atoms with van der Waals surface area (Å²) in [6.45, 7) is 0.730. The van der Waals surface area contributed by atoms with Gasteiger partial charge < -0.3 is 10.2 Å². The highest BCUT2D eigenvalue weighted by Gasteiger charge is 2.19. The Morgan fingerprint density at radius 2 is 2.36 bits per heavy atom. The van der Waals surface area contributed by atoms with Gasteiger partial charge in [-0.15, -0.1) is 0 Å². The number of fused-ring (bicyclic) bond motifs is 1. The normalized spacial score (nSPS) is 20.9. The fourth-order valence-corrected chi connectivity index (χ4v) is 1.69. The van der Waals surface area contributed by atoms with Gasteiger partial charge in [0.25, 0.3) is 0 Å². The van der Waals surface area contributed by atoms with Gasteiger partial charge in [0.2, 0.25) is 0 Å². The van der Waals surface area contributed by atoms with E-state index in [-0.39, 0.29) is 12.7 Å². The molecule has 0 radical (unpaired) electrons. The third-order valence-corrected chi connectivity index (χ3v) is 2.44. The van der Waals surface area contributed by atoms with Crippen molar-refractivity contribution in [3.05, 3.63) is 11.6 Å². The standard InChI is InChI=1S/C9H15N3O2/c13-5-1-2-8-10-9-4-3-7(14)6-12(9)11-8/h7,13-14H,1-6H2. The summed E-state index contributed by atoms with van der Waals surface area (Å²) >= 11 is 0. The topological polar surface area (TPSA) is 71.2 Å². The molecule has 0 spiro atoms. The van der Waals surface area contributed by atoms with Crippen molar-refractivity contribution in [2.45, 2.75) is 38.3 Å². The van der Waals surface area contributed by atoms with Crippen LogP contribution in [0.3, 0.4) is 0 Å². The third-order valence-electron chi connectivity index (χ3n) is 2.44. The van der Waals surface area contributed by atoms with Gasteiger partial charge in [0.1, 0.15) is 5.82 Å². The molecule has 0 saturated heterocycles. The van der Waals surface area contributed by atoms with Crippen LogP contribution in [0.2, 0.25) is 0 Å². The molecule has 0 saturated carbocycles. The number of aliphatic hydroxyl groups excluding tert-OH is 2. The van der Waals surface area contributed by atoms with E-state index < -0.39 is 0 Å². The first kappa shape index (κ1) is 9.61. The van der Waals surface area contributed by atoms with Crippen molar-refractivity contribution >= 4 is 0 Å². The third kappa shape index (κ3) is 1.93. The van der Waals surface area contributed by atoms with Crippen LogP contribution in [0.4, 0.5) is 0 Å². The van der Waals surface area contributed by atoms with Gasteiger partial charge in [0.05, 0.1) is 12.6 Å². The van der Waals surface area contributed by atoms with E-state index in [0.717, 1.165) is 24.5 Å². The maximum atomic E-state index is 9.41. The first-order valence-corrected chi connectivity index (χ1v) is 5.01. The van der Waals surface area contributed by atoms with Crippen LogP contribution in [0.25, 0.3) is 0 Å². The second kappa shape index (κ2) is 4.06. The van der Waals surface area contributed by atoms with Gasteiger partial charge in [-0.2, -0.15) is 5.10 Å². The number of rotatable bonds is 3. The lowest BCUT2D eigenvalue weighted by Crippen LogP contribution is -2.25. The van der Waals surface area contributed by atoms with E-state index in [1.165, 1.54) is 0 Å². The van der Waals surface area contributed by atoms with Crippen LogP contribution in [0.1, 0.15) is 24.5 Å². The smallest absolute Gasteiger partial charge is 0.151 e. The van der Waals surface area contributed by atoms with E-state index in [9.17, 15) is 5.11 Å². The average Bonchev–Trinajstić information content (AvgIpc) is 2.56. The van der Waals surface area contributed by atoms with Crippen LogP contribution < -0.4 is 0 Å². The summed E-state index contributed by atoms with van der Waals surface area (Å²) in [6.07, 6.45) is 2.71. The Bertz CT molecular complexity index is 311. The first-order chi connectivity index (χ1) is 6.79. The molecular formula is C9H15N3O2. The van der Waals surface area contributed by atoms with Crippen LogP contribution in [0, 0.1) is 0 Å². The zero-order valence-electron chi connectivity index (χ0n) is 8.06. The van der Waals surface area contributed by atoms with Gasteiger partial charge in [-0.25, -0.2) is 9.67 Å². The maximum absolute atomic E-state index is 9.41. The zero-order chi connectivity index (χ0) is 9.97. The van der Waals surface area contributed by atoms with Gasteiger partial charge in [0, 0.05) is 19.4 Å². The monoisotopic (exact) mass is 197 g/mol. The molecule has 78 valence electrons. The molecule has 0 amide bonds. The summed E-state index contributed by atoms with van der Waals surface area (Å²) in [5.74, 6) is 1.74. The number of hydrogen-bond donors (Lipinski definition) is 2. The van der Waals surface area contributed by atoms with Gasteiger partial charge in [0.15, 0.2) is 5.82 Å². The van der Waals surface area contributed by atoms with E-state index in [2.05, 4.69) is 10.1 Å². The van der Waals surface area contributed by atoms with Crippen molar-refractivity contribution in [2.24, 2.45) is 0 Å². The summed E-state index contributed by atoms with van der Waals surface area (Å²) in [5, 5.41) is 22.4. The molecule has 14 heavy (non-hydrogen) atoms. The Balaban J connectivity index is 2.07. The minimum absolute atomic E-state index is 0.173. The van der Waals surface area contributed by atoms with Crippen molar-refractivity contribution in [3.8, 4) is 0 Å². The van der Waals surface area contributed by atoms with Crippen LogP contribution in [0.15, 0.2) is 0 Å². The Hall–Kier alpha value is -0.940. The Morgan fingerprint density at radius 1 is 1.50 bits per heavy atom. The molecule has 2 heterocycles. The number of hydrogen-bond acceptors (Lipinski definition) is 4. The lowest BCUT2D eigenvalue weighted by Gasteiger charge is -2.16. The Kier molecular flexibility index (Phi) is 2.79. The van der Waals surface area contributed by atoms with Crippen molar-refractivity contribution in [1.29, 1.82) is 0 Å². The highest BCUT2D eigenvalue weighted by molar-refractivity contribution is 4.97. The van der Waals surface area contributed by atoms with Crippen molar-refractivity contribution in [2.75, 3.05) is 6.61 Å². The highest BCUT2D eigenvalue weighted by atomic mass is 16.3. The number of aryl methyl sites for hydroxylation is 2. The van der Waals surface area contributed by atoms with E-state index >= 15 is 0 Å². The molecule has 0 fully saturated rings. The average molecular weight is 197 g/mol. The predicted molar refractivity (Wildman–Crippen MR) is 49.8 cm³/mol. The van der Waals surface area contributed by atoms with Gasteiger partial charge >= 0.3 is 0 Å². The van der Waals surface area contributed by atoms with Crippen molar-refractivity contribution in [3.63, 3.8) is 0 Å². The molecule has 1 aliphatic heterocycles. The number of aliphatic hydroxyl groups is 2. The van der Waals surface area contributed by atoms with E-state index in [1.54, 1.807) is 4.68 Å². The largest absolute Gasteiger partial charge is 0.396 e. The molecule has 1 unspecified atom stereocenters. The molecule has 0 aromatic carbocycles. The summed E-state index contributed by atoms with van der Waals surface area (Å²) in [5.41, 5.74) is 0. The molecule has 5 nitrogen and oxygen atoms in total. The van der Waals surface area contributed by atoms with Crippen molar-refractivity contribution in [1.82, 2.24) is 14.8 Å². The maximum Gasteiger partial charge on any atom is 0.151 e. The highest BCUT2D eigenvalue weighted by Crippen LogP contribution is 2.13. The SMILES string of the molecule is OCCCc1nc2n(n1)CC(O)CC2. The second-order valence-electron chi connectivity index (χ2n) is 3.65. The van der Waals surface area contributed by atoms with E-state index in [1.807, 2.05) is 0 Å². The minimum Gasteiger partial charge on any atom is -0.396 e. The molecule has 2 N–H and O–H groups in total. The molecule has 1 aromatic rings. The van der Waals surface area contributed by atoms with Crippen LogP contribution in [-0.4, -0.2) is 37.7 Å². The number of nitrogens with zero attached hydrogens (tertiary/aromatic N) is 3. The molecule has 5 heteroatoms. The van der Waals surface area contributed by atoms with Gasteiger partial charge in [-0.3, -0.25) is 0 Å². The van der Waals surface area contributed by atoms with Crippen molar-refractivity contribution < 1.29 is 10.2 Å². The molecule has 1 aromatic heterocycles. The molecule has 0 aliphatic carbocycles. The molecule has 2 rings (SSSR count). The van der Waals surface area contributed by atoms with Gasteiger partial charge in [-0.05, 0) is 12.8 Å². The quantitative estimate of drug-likeness (QED) is 0.686.